The smallest absolute Gasteiger partial charge is 0.266 e. The summed E-state index contributed by atoms with van der Waals surface area (Å²) >= 11 is 13.1. The van der Waals surface area contributed by atoms with Gasteiger partial charge in [0.15, 0.2) is 0 Å². The predicted octanol–water partition coefficient (Wildman–Crippen LogP) is 7.01. The van der Waals surface area contributed by atoms with Gasteiger partial charge in [0.1, 0.15) is 16.7 Å². The molecule has 5 rings (SSSR count). The second-order valence-electron chi connectivity index (χ2n) is 8.80. The Kier molecular flexibility index (Phi) is 8.78. The average molecular weight is 576 g/mol. The predicted molar refractivity (Wildman–Crippen MR) is 161 cm³/mol. The lowest BCUT2D eigenvalue weighted by Crippen LogP contribution is -2.29. The van der Waals surface area contributed by atoms with Crippen LogP contribution in [0.2, 0.25) is 5.02 Å². The number of hydrogen-bond donors (Lipinski definition) is 0. The first-order valence-corrected chi connectivity index (χ1v) is 14.0. The topological polar surface area (TPSA) is 56.6 Å². The summed E-state index contributed by atoms with van der Waals surface area (Å²) in [5.41, 5.74) is 4.32. The summed E-state index contributed by atoms with van der Waals surface area (Å²) in [6.45, 7) is 1.48. The zero-order valence-electron chi connectivity index (χ0n) is 21.2. The van der Waals surface area contributed by atoms with Gasteiger partial charge in [-0.05, 0) is 55.0 Å². The number of ether oxygens (including phenoxy) is 2. The Balaban J connectivity index is 1.42. The molecule has 39 heavy (non-hydrogen) atoms. The molecule has 0 unspecified atom stereocenters. The zero-order chi connectivity index (χ0) is 27.2. The molecule has 0 N–H and O–H groups in total. The number of thioether (sulfide) groups is 1. The number of amides is 1. The molecule has 1 aromatic heterocycles. The maximum atomic E-state index is 13.2. The van der Waals surface area contributed by atoms with Gasteiger partial charge >= 0.3 is 0 Å². The van der Waals surface area contributed by atoms with E-state index in [4.69, 9.17) is 38.4 Å². The van der Waals surface area contributed by atoms with Gasteiger partial charge in [-0.3, -0.25) is 9.69 Å². The number of benzene rings is 3. The van der Waals surface area contributed by atoms with Crippen molar-refractivity contribution in [3.05, 3.63) is 106 Å². The normalized spacial score (nSPS) is 14.4. The molecule has 0 spiro atoms. The molecular formula is C30H26ClN3O3S2. The maximum Gasteiger partial charge on any atom is 0.266 e. The van der Waals surface area contributed by atoms with E-state index >= 15 is 0 Å². The minimum Gasteiger partial charge on any atom is -0.489 e. The Morgan fingerprint density at radius 2 is 1.77 bits per heavy atom. The number of methoxy groups -OCH3 is 1. The Labute approximate surface area is 242 Å². The molecule has 0 saturated carbocycles. The van der Waals surface area contributed by atoms with Crippen LogP contribution in [-0.4, -0.2) is 45.2 Å². The summed E-state index contributed by atoms with van der Waals surface area (Å²) < 4.78 is 13.5. The van der Waals surface area contributed by atoms with Gasteiger partial charge in [-0.25, -0.2) is 4.68 Å². The van der Waals surface area contributed by atoms with E-state index in [0.29, 0.717) is 34.0 Å². The number of carbonyl (C=O) groups is 1. The molecular weight excluding hydrogens is 550 g/mol. The number of para-hydroxylation sites is 1. The Hall–Kier alpha value is -3.43. The molecule has 198 valence electrons. The van der Waals surface area contributed by atoms with E-state index in [1.54, 1.807) is 12.0 Å². The number of nitrogens with zero attached hydrogens (tertiary/aromatic N) is 3. The molecule has 1 fully saturated rings. The first kappa shape index (κ1) is 27.1. The van der Waals surface area contributed by atoms with Gasteiger partial charge in [0, 0.05) is 48.2 Å². The Morgan fingerprint density at radius 1 is 1.03 bits per heavy atom. The van der Waals surface area contributed by atoms with Crippen LogP contribution in [0.15, 0.2) is 90.0 Å². The average Bonchev–Trinajstić information content (AvgIpc) is 3.50. The van der Waals surface area contributed by atoms with Gasteiger partial charge < -0.3 is 9.47 Å². The third-order valence-corrected chi connectivity index (χ3v) is 7.88. The van der Waals surface area contributed by atoms with Crippen molar-refractivity contribution in [3.8, 4) is 22.7 Å². The van der Waals surface area contributed by atoms with E-state index in [1.807, 2.05) is 95.8 Å². The van der Waals surface area contributed by atoms with Gasteiger partial charge in [-0.15, -0.1) is 0 Å². The highest BCUT2D eigenvalue weighted by Gasteiger charge is 2.32. The molecule has 6 nitrogen and oxygen atoms in total. The van der Waals surface area contributed by atoms with Crippen LogP contribution in [0.3, 0.4) is 0 Å². The number of hydrogen-bond acceptors (Lipinski definition) is 6. The summed E-state index contributed by atoms with van der Waals surface area (Å²) in [7, 11) is 1.65. The van der Waals surface area contributed by atoms with Gasteiger partial charge in [-0.1, -0.05) is 72.0 Å². The van der Waals surface area contributed by atoms with E-state index in [2.05, 4.69) is 0 Å². The number of rotatable bonds is 10. The monoisotopic (exact) mass is 575 g/mol. The molecule has 1 aliphatic heterocycles. The highest BCUT2D eigenvalue weighted by atomic mass is 35.5. The van der Waals surface area contributed by atoms with Crippen LogP contribution in [-0.2, 0) is 16.1 Å². The van der Waals surface area contributed by atoms with Crippen molar-refractivity contribution in [3.63, 3.8) is 0 Å². The number of carbonyl (C=O) groups excluding carboxylic acids is 1. The fourth-order valence-electron chi connectivity index (χ4n) is 4.12. The lowest BCUT2D eigenvalue weighted by molar-refractivity contribution is -0.122. The fraction of sp³-hybridized carbons (Fsp3) is 0.167. The van der Waals surface area contributed by atoms with Crippen LogP contribution in [0.5, 0.6) is 5.75 Å². The second-order valence-corrected chi connectivity index (χ2v) is 10.9. The highest BCUT2D eigenvalue weighted by Crippen LogP contribution is 2.35. The summed E-state index contributed by atoms with van der Waals surface area (Å²) in [6.07, 6.45) is 4.53. The molecule has 0 atom stereocenters. The quantitative estimate of drug-likeness (QED) is 0.115. The van der Waals surface area contributed by atoms with Gasteiger partial charge in [0.25, 0.3) is 5.91 Å². The Bertz CT molecular complexity index is 1500. The van der Waals surface area contributed by atoms with Gasteiger partial charge in [0.2, 0.25) is 0 Å². The second kappa shape index (κ2) is 12.6. The zero-order valence-corrected chi connectivity index (χ0v) is 23.6. The summed E-state index contributed by atoms with van der Waals surface area (Å²) in [4.78, 5) is 15.4. The van der Waals surface area contributed by atoms with Crippen molar-refractivity contribution >= 4 is 51.9 Å². The number of aromatic nitrogens is 2. The third kappa shape index (κ3) is 6.42. The standard InChI is InChI=1S/C30H26ClN3O3S2/c1-36-17-7-16-33-29(35)27(39-30(33)38)18-23-19-34(24-9-3-2-4-10-24)32-28(23)21-12-14-25(15-13-21)37-20-22-8-5-6-11-26(22)31/h2-6,8-15,18-19H,7,16-17,20H2,1H3. The minimum atomic E-state index is -0.0946. The summed E-state index contributed by atoms with van der Waals surface area (Å²) in [5, 5.41) is 5.56. The molecule has 0 aliphatic carbocycles. The molecule has 9 heteroatoms. The van der Waals surface area contributed by atoms with Crippen LogP contribution in [0.4, 0.5) is 0 Å². The summed E-state index contributed by atoms with van der Waals surface area (Å²) in [5.74, 6) is 0.627. The van der Waals surface area contributed by atoms with E-state index < -0.39 is 0 Å². The molecule has 1 saturated heterocycles. The molecule has 0 radical (unpaired) electrons. The summed E-state index contributed by atoms with van der Waals surface area (Å²) in [6, 6.07) is 25.2. The van der Waals surface area contributed by atoms with Crippen molar-refractivity contribution in [2.45, 2.75) is 13.0 Å². The molecule has 0 bridgehead atoms. The maximum absolute atomic E-state index is 13.2. The third-order valence-electron chi connectivity index (χ3n) is 6.13. The molecule has 1 amide bonds. The first-order valence-electron chi connectivity index (χ1n) is 12.4. The number of halogens is 1. The highest BCUT2D eigenvalue weighted by molar-refractivity contribution is 8.26. The minimum absolute atomic E-state index is 0.0946. The molecule has 2 heterocycles. The van der Waals surface area contributed by atoms with Crippen molar-refractivity contribution in [2.75, 3.05) is 20.3 Å². The molecule has 4 aromatic rings. The van der Waals surface area contributed by atoms with Crippen LogP contribution in [0.25, 0.3) is 23.0 Å². The Morgan fingerprint density at radius 3 is 2.51 bits per heavy atom. The lowest BCUT2D eigenvalue weighted by atomic mass is 10.1. The van der Waals surface area contributed by atoms with Crippen LogP contribution in [0.1, 0.15) is 17.5 Å². The van der Waals surface area contributed by atoms with Crippen molar-refractivity contribution in [1.82, 2.24) is 14.7 Å². The van der Waals surface area contributed by atoms with E-state index in [1.165, 1.54) is 11.8 Å². The van der Waals surface area contributed by atoms with Crippen molar-refractivity contribution in [2.24, 2.45) is 0 Å². The van der Waals surface area contributed by atoms with Gasteiger partial charge in [-0.2, -0.15) is 5.10 Å². The van der Waals surface area contributed by atoms with Crippen LogP contribution in [0, 0.1) is 0 Å². The van der Waals surface area contributed by atoms with Crippen molar-refractivity contribution < 1.29 is 14.3 Å². The van der Waals surface area contributed by atoms with E-state index in [9.17, 15) is 4.79 Å². The van der Waals surface area contributed by atoms with Crippen LogP contribution >= 0.6 is 35.6 Å². The SMILES string of the molecule is COCCCN1C(=O)C(=Cc2cn(-c3ccccc3)nc2-c2ccc(OCc3ccccc3Cl)cc2)SC1=S. The largest absolute Gasteiger partial charge is 0.489 e. The lowest BCUT2D eigenvalue weighted by Gasteiger charge is -2.13. The van der Waals surface area contributed by atoms with Crippen molar-refractivity contribution in [1.29, 1.82) is 0 Å². The van der Waals surface area contributed by atoms with Crippen LogP contribution < -0.4 is 4.74 Å². The first-order chi connectivity index (χ1) is 19.0. The van der Waals surface area contributed by atoms with E-state index in [0.717, 1.165) is 40.2 Å². The molecule has 1 aliphatic rings. The van der Waals surface area contributed by atoms with Gasteiger partial charge in [0.05, 0.1) is 16.3 Å². The molecule has 3 aromatic carbocycles. The van der Waals surface area contributed by atoms with E-state index in [-0.39, 0.29) is 5.91 Å². The fourth-order valence-corrected chi connectivity index (χ4v) is 5.61. The number of thiocarbonyl (C=S) groups is 1.